The molecule has 0 aromatic heterocycles. The number of rotatable bonds is 3. The quantitative estimate of drug-likeness (QED) is 0.881. The molecule has 2 rings (SSSR count). The SMILES string of the molecule is CC(C)(C)C(c1ccc(C(=O)O)cc1)c1ccc(F)c(F)c1. The van der Waals surface area contributed by atoms with Gasteiger partial charge in [0.1, 0.15) is 0 Å². The van der Waals surface area contributed by atoms with Crippen LogP contribution in [0.5, 0.6) is 0 Å². The van der Waals surface area contributed by atoms with E-state index in [2.05, 4.69) is 0 Å². The molecule has 0 radical (unpaired) electrons. The van der Waals surface area contributed by atoms with Gasteiger partial charge in [0.05, 0.1) is 5.56 Å². The van der Waals surface area contributed by atoms with Gasteiger partial charge in [0.25, 0.3) is 0 Å². The van der Waals surface area contributed by atoms with Crippen LogP contribution in [0.25, 0.3) is 0 Å². The van der Waals surface area contributed by atoms with Gasteiger partial charge in [0, 0.05) is 5.92 Å². The van der Waals surface area contributed by atoms with Crippen LogP contribution < -0.4 is 0 Å². The van der Waals surface area contributed by atoms with Crippen molar-refractivity contribution in [3.05, 3.63) is 70.8 Å². The molecule has 22 heavy (non-hydrogen) atoms. The molecule has 0 saturated carbocycles. The molecule has 0 heterocycles. The molecule has 4 heteroatoms. The number of halogens is 2. The van der Waals surface area contributed by atoms with Crippen molar-refractivity contribution in [3.63, 3.8) is 0 Å². The molecule has 0 saturated heterocycles. The maximum atomic E-state index is 13.6. The van der Waals surface area contributed by atoms with Crippen LogP contribution in [0.2, 0.25) is 0 Å². The number of benzene rings is 2. The number of hydrogen-bond acceptors (Lipinski definition) is 1. The summed E-state index contributed by atoms with van der Waals surface area (Å²) < 4.78 is 26.7. The van der Waals surface area contributed by atoms with Gasteiger partial charge < -0.3 is 5.11 Å². The lowest BCUT2D eigenvalue weighted by Gasteiger charge is -2.32. The lowest BCUT2D eigenvalue weighted by atomic mass is 9.72. The highest BCUT2D eigenvalue weighted by atomic mass is 19.2. The first kappa shape index (κ1) is 16.1. The van der Waals surface area contributed by atoms with Gasteiger partial charge in [0.15, 0.2) is 11.6 Å². The highest BCUT2D eigenvalue weighted by Crippen LogP contribution is 2.40. The summed E-state index contributed by atoms with van der Waals surface area (Å²) >= 11 is 0. The Kier molecular flexibility index (Phi) is 4.31. The van der Waals surface area contributed by atoms with E-state index in [1.54, 1.807) is 18.2 Å². The van der Waals surface area contributed by atoms with E-state index < -0.39 is 17.6 Å². The van der Waals surface area contributed by atoms with E-state index in [9.17, 15) is 13.6 Å². The van der Waals surface area contributed by atoms with Crippen LogP contribution in [0, 0.1) is 17.0 Å². The van der Waals surface area contributed by atoms with E-state index in [1.807, 2.05) is 20.8 Å². The minimum absolute atomic E-state index is 0.176. The van der Waals surface area contributed by atoms with Crippen molar-refractivity contribution in [2.45, 2.75) is 26.7 Å². The van der Waals surface area contributed by atoms with Crippen molar-refractivity contribution in [2.75, 3.05) is 0 Å². The van der Waals surface area contributed by atoms with E-state index in [0.29, 0.717) is 5.56 Å². The summed E-state index contributed by atoms with van der Waals surface area (Å²) in [6, 6.07) is 10.4. The van der Waals surface area contributed by atoms with E-state index in [0.717, 1.165) is 11.6 Å². The van der Waals surface area contributed by atoms with Crippen molar-refractivity contribution >= 4 is 5.97 Å². The number of hydrogen-bond donors (Lipinski definition) is 1. The Morgan fingerprint density at radius 2 is 1.50 bits per heavy atom. The van der Waals surface area contributed by atoms with E-state index >= 15 is 0 Å². The van der Waals surface area contributed by atoms with Gasteiger partial charge in [-0.1, -0.05) is 39.0 Å². The zero-order valence-corrected chi connectivity index (χ0v) is 12.7. The Morgan fingerprint density at radius 3 is 1.95 bits per heavy atom. The molecule has 1 unspecified atom stereocenters. The third kappa shape index (κ3) is 3.32. The number of carboxylic acid groups (broad SMARTS) is 1. The molecule has 0 bridgehead atoms. The summed E-state index contributed by atoms with van der Waals surface area (Å²) in [4.78, 5) is 10.9. The van der Waals surface area contributed by atoms with Crippen molar-refractivity contribution < 1.29 is 18.7 Å². The maximum Gasteiger partial charge on any atom is 0.335 e. The van der Waals surface area contributed by atoms with E-state index in [1.165, 1.54) is 18.2 Å². The molecule has 0 fully saturated rings. The summed E-state index contributed by atoms with van der Waals surface area (Å²) in [6.45, 7) is 6.01. The molecule has 0 aliphatic heterocycles. The second kappa shape index (κ2) is 5.87. The Hall–Kier alpha value is -2.23. The summed E-state index contributed by atoms with van der Waals surface area (Å²) in [5.74, 6) is -2.93. The highest BCUT2D eigenvalue weighted by Gasteiger charge is 2.28. The average Bonchev–Trinajstić information content (AvgIpc) is 2.42. The van der Waals surface area contributed by atoms with Crippen molar-refractivity contribution in [2.24, 2.45) is 5.41 Å². The Balaban J connectivity index is 2.51. The minimum Gasteiger partial charge on any atom is -0.478 e. The number of carboxylic acids is 1. The second-order valence-corrected chi connectivity index (χ2v) is 6.40. The first-order valence-electron chi connectivity index (χ1n) is 6.98. The van der Waals surface area contributed by atoms with Crippen molar-refractivity contribution in [1.82, 2.24) is 0 Å². The van der Waals surface area contributed by atoms with Crippen LogP contribution in [-0.2, 0) is 0 Å². The van der Waals surface area contributed by atoms with Crippen LogP contribution in [0.4, 0.5) is 8.78 Å². The normalized spacial score (nSPS) is 13.0. The van der Waals surface area contributed by atoms with Crippen LogP contribution >= 0.6 is 0 Å². The van der Waals surface area contributed by atoms with Crippen LogP contribution in [-0.4, -0.2) is 11.1 Å². The maximum absolute atomic E-state index is 13.6. The van der Waals surface area contributed by atoms with Crippen LogP contribution in [0.1, 0.15) is 48.2 Å². The Bertz CT molecular complexity index is 685. The summed E-state index contributed by atoms with van der Waals surface area (Å²) in [6.07, 6.45) is 0. The highest BCUT2D eigenvalue weighted by molar-refractivity contribution is 5.87. The molecular formula is C18H18F2O2. The largest absolute Gasteiger partial charge is 0.478 e. The van der Waals surface area contributed by atoms with Gasteiger partial charge in [-0.2, -0.15) is 0 Å². The third-order valence-corrected chi connectivity index (χ3v) is 3.63. The average molecular weight is 304 g/mol. The fraction of sp³-hybridized carbons (Fsp3) is 0.278. The fourth-order valence-electron chi connectivity index (χ4n) is 2.70. The third-order valence-electron chi connectivity index (χ3n) is 3.63. The smallest absolute Gasteiger partial charge is 0.335 e. The van der Waals surface area contributed by atoms with Crippen molar-refractivity contribution in [1.29, 1.82) is 0 Å². The first-order chi connectivity index (χ1) is 10.2. The van der Waals surface area contributed by atoms with Gasteiger partial charge in [-0.15, -0.1) is 0 Å². The number of aromatic carboxylic acids is 1. The van der Waals surface area contributed by atoms with Crippen LogP contribution in [0.3, 0.4) is 0 Å². The van der Waals surface area contributed by atoms with Gasteiger partial charge >= 0.3 is 5.97 Å². The lowest BCUT2D eigenvalue weighted by Crippen LogP contribution is -2.20. The van der Waals surface area contributed by atoms with Gasteiger partial charge in [-0.3, -0.25) is 0 Å². The standard InChI is InChI=1S/C18H18F2O2/c1-18(2,3)16(13-8-9-14(19)15(20)10-13)11-4-6-12(7-5-11)17(21)22/h4-10,16H,1-3H3,(H,21,22). The Morgan fingerprint density at radius 1 is 0.955 bits per heavy atom. The molecule has 0 amide bonds. The molecule has 2 aromatic carbocycles. The predicted octanol–water partition coefficient (Wildman–Crippen LogP) is 4.84. The van der Waals surface area contributed by atoms with Gasteiger partial charge in [0.2, 0.25) is 0 Å². The molecule has 2 nitrogen and oxygen atoms in total. The molecule has 116 valence electrons. The van der Waals surface area contributed by atoms with Crippen molar-refractivity contribution in [3.8, 4) is 0 Å². The van der Waals surface area contributed by atoms with Gasteiger partial charge in [-0.05, 0) is 40.8 Å². The Labute approximate surface area is 128 Å². The molecular weight excluding hydrogens is 286 g/mol. The molecule has 1 N–H and O–H groups in total. The minimum atomic E-state index is -0.994. The molecule has 0 aliphatic carbocycles. The molecule has 1 atom stereocenters. The predicted molar refractivity (Wildman–Crippen MR) is 81.1 cm³/mol. The van der Waals surface area contributed by atoms with E-state index in [4.69, 9.17) is 5.11 Å². The van der Waals surface area contributed by atoms with Crippen LogP contribution in [0.15, 0.2) is 42.5 Å². The zero-order valence-electron chi connectivity index (χ0n) is 12.7. The second-order valence-electron chi connectivity index (χ2n) is 6.40. The summed E-state index contributed by atoms with van der Waals surface area (Å²) in [5, 5.41) is 8.97. The van der Waals surface area contributed by atoms with Gasteiger partial charge in [-0.25, -0.2) is 13.6 Å². The zero-order chi connectivity index (χ0) is 16.5. The first-order valence-corrected chi connectivity index (χ1v) is 6.98. The monoisotopic (exact) mass is 304 g/mol. The molecule has 0 aliphatic rings. The topological polar surface area (TPSA) is 37.3 Å². The summed E-state index contributed by atoms with van der Waals surface area (Å²) in [5.41, 5.74) is 1.48. The molecule has 2 aromatic rings. The fourth-order valence-corrected chi connectivity index (χ4v) is 2.70. The van der Waals surface area contributed by atoms with E-state index in [-0.39, 0.29) is 16.9 Å². The molecule has 0 spiro atoms. The lowest BCUT2D eigenvalue weighted by molar-refractivity contribution is 0.0697. The summed E-state index contributed by atoms with van der Waals surface area (Å²) in [7, 11) is 0. The number of carbonyl (C=O) groups is 1.